The number of hydrogen-bond donors (Lipinski definition) is 1. The molecule has 2 amide bonds. The lowest BCUT2D eigenvalue weighted by Crippen LogP contribution is -2.41. The molecule has 1 heterocycles. The molecule has 0 aliphatic carbocycles. The monoisotopic (exact) mass is 406 g/mol. The Morgan fingerprint density at radius 1 is 1.28 bits per heavy atom. The Bertz CT molecular complexity index is 813. The second-order valence-corrected chi connectivity index (χ2v) is 6.48. The Kier molecular flexibility index (Phi) is 5.33. The summed E-state index contributed by atoms with van der Waals surface area (Å²) in [5.74, 6) is -0.198. The summed E-state index contributed by atoms with van der Waals surface area (Å²) in [6, 6.07) is 11.9. The van der Waals surface area contributed by atoms with E-state index >= 15 is 0 Å². The van der Waals surface area contributed by atoms with Gasteiger partial charge in [0.15, 0.2) is 6.61 Å². The molecule has 7 heteroatoms. The van der Waals surface area contributed by atoms with E-state index in [2.05, 4.69) is 21.2 Å². The van der Waals surface area contributed by atoms with Crippen LogP contribution in [0.2, 0.25) is 0 Å². The zero-order valence-electron chi connectivity index (χ0n) is 13.3. The summed E-state index contributed by atoms with van der Waals surface area (Å²) in [7, 11) is 0. The molecule has 0 spiro atoms. The molecule has 0 saturated heterocycles. The zero-order chi connectivity index (χ0) is 17.8. The van der Waals surface area contributed by atoms with Crippen LogP contribution in [0.4, 0.5) is 10.1 Å². The molecule has 130 valence electrons. The van der Waals surface area contributed by atoms with Crippen molar-refractivity contribution < 1.29 is 18.7 Å². The molecular formula is C18H16BrFN2O3. The number of rotatable bonds is 5. The van der Waals surface area contributed by atoms with Gasteiger partial charge in [0.05, 0.1) is 5.69 Å². The van der Waals surface area contributed by atoms with E-state index < -0.39 is 0 Å². The Balaban J connectivity index is 1.56. The van der Waals surface area contributed by atoms with Crippen molar-refractivity contribution in [3.05, 3.63) is 58.3 Å². The van der Waals surface area contributed by atoms with E-state index in [0.717, 1.165) is 0 Å². The highest BCUT2D eigenvalue weighted by atomic mass is 79.9. The predicted molar refractivity (Wildman–Crippen MR) is 94.9 cm³/mol. The molecule has 0 aromatic heterocycles. The van der Waals surface area contributed by atoms with Crippen LogP contribution in [0.1, 0.15) is 12.0 Å². The molecule has 5 nitrogen and oxygen atoms in total. The SMILES string of the molecule is O=C(CCN1C(=O)COc2ccccc21)NCc1ccc(Br)cc1F. The highest BCUT2D eigenvalue weighted by Gasteiger charge is 2.25. The molecule has 1 aliphatic heterocycles. The van der Waals surface area contributed by atoms with E-state index in [1.165, 1.54) is 6.07 Å². The maximum atomic E-state index is 13.7. The molecule has 0 bridgehead atoms. The zero-order valence-corrected chi connectivity index (χ0v) is 14.9. The molecule has 0 fully saturated rings. The standard InChI is InChI=1S/C18H16BrFN2O3/c19-13-6-5-12(14(20)9-13)10-21-17(23)7-8-22-15-3-1-2-4-16(15)25-11-18(22)24/h1-6,9H,7-8,10-11H2,(H,21,23). The van der Waals surface area contributed by atoms with Gasteiger partial charge < -0.3 is 15.0 Å². The maximum absolute atomic E-state index is 13.7. The Hall–Kier alpha value is -2.41. The number of carbonyl (C=O) groups excluding carboxylic acids is 2. The van der Waals surface area contributed by atoms with Crippen molar-refractivity contribution in [1.29, 1.82) is 0 Å². The molecule has 1 aliphatic rings. The van der Waals surface area contributed by atoms with Crippen LogP contribution in [-0.4, -0.2) is 25.0 Å². The second-order valence-electron chi connectivity index (χ2n) is 5.56. The summed E-state index contributed by atoms with van der Waals surface area (Å²) >= 11 is 3.19. The van der Waals surface area contributed by atoms with E-state index in [0.29, 0.717) is 21.5 Å². The highest BCUT2D eigenvalue weighted by molar-refractivity contribution is 9.10. The minimum atomic E-state index is -0.382. The van der Waals surface area contributed by atoms with E-state index in [-0.39, 0.29) is 43.7 Å². The normalized spacial score (nSPS) is 13.2. The van der Waals surface area contributed by atoms with Crippen LogP contribution in [-0.2, 0) is 16.1 Å². The van der Waals surface area contributed by atoms with Gasteiger partial charge in [0, 0.05) is 29.5 Å². The van der Waals surface area contributed by atoms with E-state index in [1.807, 2.05) is 12.1 Å². The van der Waals surface area contributed by atoms with Gasteiger partial charge in [0.2, 0.25) is 5.91 Å². The summed E-state index contributed by atoms with van der Waals surface area (Å²) in [5, 5.41) is 2.67. The fraction of sp³-hybridized carbons (Fsp3) is 0.222. The van der Waals surface area contributed by atoms with Gasteiger partial charge in [-0.15, -0.1) is 0 Å². The van der Waals surface area contributed by atoms with Crippen LogP contribution in [0.25, 0.3) is 0 Å². The number of benzene rings is 2. The Labute approximate surface area is 152 Å². The second kappa shape index (κ2) is 7.65. The summed E-state index contributed by atoms with van der Waals surface area (Å²) < 4.78 is 19.8. The lowest BCUT2D eigenvalue weighted by atomic mass is 10.2. The fourth-order valence-corrected chi connectivity index (χ4v) is 2.89. The van der Waals surface area contributed by atoms with Crippen molar-refractivity contribution in [1.82, 2.24) is 5.32 Å². The summed E-state index contributed by atoms with van der Waals surface area (Å²) in [4.78, 5) is 25.6. The molecule has 0 atom stereocenters. The Morgan fingerprint density at radius 2 is 2.08 bits per heavy atom. The average molecular weight is 407 g/mol. The van der Waals surface area contributed by atoms with Crippen LogP contribution < -0.4 is 15.0 Å². The van der Waals surface area contributed by atoms with Crippen molar-refractivity contribution in [2.75, 3.05) is 18.1 Å². The first-order valence-corrected chi connectivity index (χ1v) is 8.57. The quantitative estimate of drug-likeness (QED) is 0.829. The van der Waals surface area contributed by atoms with Gasteiger partial charge in [0.1, 0.15) is 11.6 Å². The molecule has 1 N–H and O–H groups in total. The molecule has 3 rings (SSSR count). The van der Waals surface area contributed by atoms with Gasteiger partial charge in [-0.2, -0.15) is 0 Å². The maximum Gasteiger partial charge on any atom is 0.265 e. The highest BCUT2D eigenvalue weighted by Crippen LogP contribution is 2.31. The molecule has 0 saturated carbocycles. The largest absolute Gasteiger partial charge is 0.482 e. The number of ether oxygens (including phenoxy) is 1. The number of para-hydroxylation sites is 2. The molecule has 2 aromatic carbocycles. The van der Waals surface area contributed by atoms with Gasteiger partial charge in [0.25, 0.3) is 5.91 Å². The number of hydrogen-bond acceptors (Lipinski definition) is 3. The summed E-state index contributed by atoms with van der Waals surface area (Å²) in [5.41, 5.74) is 1.06. The summed E-state index contributed by atoms with van der Waals surface area (Å²) in [6.07, 6.45) is 0.123. The molecule has 0 unspecified atom stereocenters. The van der Waals surface area contributed by atoms with Crippen molar-refractivity contribution in [2.24, 2.45) is 0 Å². The van der Waals surface area contributed by atoms with Crippen molar-refractivity contribution >= 4 is 33.4 Å². The third kappa shape index (κ3) is 4.17. The third-order valence-corrected chi connectivity index (χ3v) is 4.36. The Morgan fingerprint density at radius 3 is 2.88 bits per heavy atom. The van der Waals surface area contributed by atoms with Crippen LogP contribution in [0.3, 0.4) is 0 Å². The number of nitrogens with one attached hydrogen (secondary N) is 1. The number of amides is 2. The number of carbonyl (C=O) groups is 2. The molecule has 25 heavy (non-hydrogen) atoms. The lowest BCUT2D eigenvalue weighted by molar-refractivity contribution is -0.122. The van der Waals surface area contributed by atoms with Crippen LogP contribution >= 0.6 is 15.9 Å². The smallest absolute Gasteiger partial charge is 0.265 e. The van der Waals surface area contributed by atoms with Crippen molar-refractivity contribution in [2.45, 2.75) is 13.0 Å². The van der Waals surface area contributed by atoms with Gasteiger partial charge in [-0.1, -0.05) is 34.1 Å². The molecule has 2 aromatic rings. The fourth-order valence-electron chi connectivity index (χ4n) is 2.56. The number of anilines is 1. The number of fused-ring (bicyclic) bond motifs is 1. The van der Waals surface area contributed by atoms with Crippen LogP contribution in [0, 0.1) is 5.82 Å². The first kappa shape index (κ1) is 17.4. The minimum Gasteiger partial charge on any atom is -0.482 e. The molecule has 0 radical (unpaired) electrons. The predicted octanol–water partition coefficient (Wildman–Crippen LogP) is 3.02. The first-order valence-electron chi connectivity index (χ1n) is 7.77. The van der Waals surface area contributed by atoms with Gasteiger partial charge >= 0.3 is 0 Å². The van der Waals surface area contributed by atoms with Crippen molar-refractivity contribution in [3.8, 4) is 5.75 Å². The van der Waals surface area contributed by atoms with Crippen molar-refractivity contribution in [3.63, 3.8) is 0 Å². The van der Waals surface area contributed by atoms with Gasteiger partial charge in [-0.25, -0.2) is 4.39 Å². The third-order valence-electron chi connectivity index (χ3n) is 3.86. The lowest BCUT2D eigenvalue weighted by Gasteiger charge is -2.29. The first-order chi connectivity index (χ1) is 12.0. The topological polar surface area (TPSA) is 58.6 Å². The number of halogens is 2. The minimum absolute atomic E-state index is 0.0390. The van der Waals surface area contributed by atoms with E-state index in [4.69, 9.17) is 4.74 Å². The van der Waals surface area contributed by atoms with Gasteiger partial charge in [-0.05, 0) is 24.3 Å². The van der Waals surface area contributed by atoms with E-state index in [1.54, 1.807) is 29.2 Å². The average Bonchev–Trinajstić information content (AvgIpc) is 2.60. The summed E-state index contributed by atoms with van der Waals surface area (Å²) in [6.45, 7) is 0.308. The van der Waals surface area contributed by atoms with Crippen LogP contribution in [0.5, 0.6) is 5.75 Å². The molecular weight excluding hydrogens is 391 g/mol. The van der Waals surface area contributed by atoms with Gasteiger partial charge in [-0.3, -0.25) is 9.59 Å². The number of nitrogens with zero attached hydrogens (tertiary/aromatic N) is 1. The van der Waals surface area contributed by atoms with Crippen LogP contribution in [0.15, 0.2) is 46.9 Å². The van der Waals surface area contributed by atoms with E-state index in [9.17, 15) is 14.0 Å².